The summed E-state index contributed by atoms with van der Waals surface area (Å²) in [4.78, 5) is 21.1. The monoisotopic (exact) mass is 795 g/mol. The van der Waals surface area contributed by atoms with Crippen LogP contribution >= 0.6 is 0 Å². The minimum Gasteiger partial charge on any atom is -0.319 e. The second kappa shape index (κ2) is 19.3. The number of hydrogen-bond acceptors (Lipinski definition) is 8. The van der Waals surface area contributed by atoms with Gasteiger partial charge in [-0.05, 0) is 95.2 Å². The molecule has 0 saturated carbocycles. The Morgan fingerprint density at radius 1 is 0.310 bits per heavy atom. The van der Waals surface area contributed by atoms with E-state index >= 15 is 0 Å². The Bertz CT molecular complexity index is 1930. The Kier molecular flexibility index (Phi) is 15.0. The van der Waals surface area contributed by atoms with E-state index in [1.165, 1.54) is 0 Å². The van der Waals surface area contributed by atoms with E-state index in [0.717, 1.165) is 167 Å². The molecule has 0 saturated heterocycles. The quantitative estimate of drug-likeness (QED) is 0.0514. The van der Waals surface area contributed by atoms with Crippen LogP contribution in [0.5, 0.6) is 0 Å². The molecule has 0 spiro atoms. The molecule has 0 amide bonds. The Labute approximate surface area is 349 Å². The number of nitrogens with zero attached hydrogens (tertiary/aromatic N) is 12. The van der Waals surface area contributed by atoms with Gasteiger partial charge in [-0.3, -0.25) is 0 Å². The van der Waals surface area contributed by atoms with Gasteiger partial charge in [-0.15, -0.1) is 20.4 Å². The largest absolute Gasteiger partial charge is 0.319 e. The van der Waals surface area contributed by atoms with Crippen LogP contribution in [0.2, 0.25) is 0 Å². The highest BCUT2D eigenvalue weighted by Gasteiger charge is 2.32. The number of rotatable bonds is 22. The van der Waals surface area contributed by atoms with Crippen molar-refractivity contribution in [3.8, 4) is 23.0 Å². The van der Waals surface area contributed by atoms with Gasteiger partial charge in [0.05, 0.1) is 89.6 Å². The fourth-order valence-corrected chi connectivity index (χ4v) is 8.79. The molecule has 5 aromatic rings. The summed E-state index contributed by atoms with van der Waals surface area (Å²) in [6.07, 6.45) is 0. The second-order valence-corrected chi connectivity index (χ2v) is 16.5. The van der Waals surface area contributed by atoms with E-state index in [4.69, 9.17) is 40.3 Å². The molecule has 0 N–H and O–H groups in total. The molecule has 58 heavy (non-hydrogen) atoms. The first-order valence-corrected chi connectivity index (χ1v) is 22.5. The highest BCUT2D eigenvalue weighted by atomic mass is 15.4. The third kappa shape index (κ3) is 9.20. The smallest absolute Gasteiger partial charge is 0.200 e. The Hall–Kier alpha value is -4.10. The van der Waals surface area contributed by atoms with Crippen LogP contribution in [0.4, 0.5) is 0 Å². The molecule has 0 aliphatic carbocycles. The molecule has 0 fully saturated rings. The van der Waals surface area contributed by atoms with Crippen molar-refractivity contribution in [2.24, 2.45) is 0 Å². The van der Waals surface area contributed by atoms with Gasteiger partial charge in [0.1, 0.15) is 60.3 Å². The van der Waals surface area contributed by atoms with Gasteiger partial charge >= 0.3 is 0 Å². The molecule has 5 rings (SSSR count). The zero-order valence-electron chi connectivity index (χ0n) is 38.1. The van der Waals surface area contributed by atoms with Crippen molar-refractivity contribution in [1.82, 2.24) is 40.3 Å². The van der Waals surface area contributed by atoms with E-state index in [1.54, 1.807) is 0 Å². The molecule has 1 aromatic carbocycles. The fourth-order valence-electron chi connectivity index (χ4n) is 8.79. The Morgan fingerprint density at radius 2 is 0.569 bits per heavy atom. The van der Waals surface area contributed by atoms with Crippen LogP contribution in [0.3, 0.4) is 0 Å². The molecule has 12 heteroatoms. The van der Waals surface area contributed by atoms with Crippen molar-refractivity contribution in [1.29, 1.82) is 0 Å². The minimum absolute atomic E-state index is 0.552. The van der Waals surface area contributed by atoms with Gasteiger partial charge in [-0.2, -0.15) is 0 Å². The van der Waals surface area contributed by atoms with Crippen molar-refractivity contribution in [3.63, 3.8) is 0 Å². The third-order valence-corrected chi connectivity index (χ3v) is 14.6. The van der Waals surface area contributed by atoms with Crippen molar-refractivity contribution in [2.75, 3.05) is 78.5 Å². The highest BCUT2D eigenvalue weighted by molar-refractivity contribution is 6.03. The first-order valence-electron chi connectivity index (χ1n) is 22.5. The predicted molar refractivity (Wildman–Crippen MR) is 237 cm³/mol. The van der Waals surface area contributed by atoms with Gasteiger partial charge in [-0.25, -0.2) is 19.9 Å². The van der Waals surface area contributed by atoms with Gasteiger partial charge in [0, 0.05) is 10.8 Å². The minimum atomic E-state index is 0.552. The van der Waals surface area contributed by atoms with Crippen molar-refractivity contribution >= 4 is 21.8 Å². The van der Waals surface area contributed by atoms with Gasteiger partial charge in [0.2, 0.25) is 11.6 Å². The van der Waals surface area contributed by atoms with Crippen LogP contribution in [0, 0.1) is 0 Å². The van der Waals surface area contributed by atoms with Gasteiger partial charge < -0.3 is 17.9 Å². The van der Waals surface area contributed by atoms with Crippen LogP contribution in [-0.2, 0) is 26.2 Å². The molecule has 0 aliphatic rings. The number of fused-ring (bicyclic) bond motifs is 3. The third-order valence-electron chi connectivity index (χ3n) is 14.6. The number of pyridine rings is 2. The van der Waals surface area contributed by atoms with E-state index in [2.05, 4.69) is 107 Å². The van der Waals surface area contributed by atoms with Crippen LogP contribution in [0.15, 0.2) is 36.4 Å². The van der Waals surface area contributed by atoms with Crippen LogP contribution < -0.4 is 0 Å². The molecule has 0 atom stereocenters. The van der Waals surface area contributed by atoms with E-state index in [9.17, 15) is 0 Å². The lowest BCUT2D eigenvalue weighted by molar-refractivity contribution is -0.939. The van der Waals surface area contributed by atoms with E-state index in [-0.39, 0.29) is 0 Å². The van der Waals surface area contributed by atoms with E-state index in [1.807, 2.05) is 12.1 Å². The first-order chi connectivity index (χ1) is 28.0. The van der Waals surface area contributed by atoms with Crippen LogP contribution in [0.1, 0.15) is 106 Å². The molecule has 4 heterocycles. The average Bonchev–Trinajstić information content (AvgIpc) is 3.29. The topological polar surface area (TPSA) is 103 Å². The highest BCUT2D eigenvalue weighted by Crippen LogP contribution is 2.29. The summed E-state index contributed by atoms with van der Waals surface area (Å²) < 4.78 is 3.80. The summed E-state index contributed by atoms with van der Waals surface area (Å²) in [6, 6.07) is 12.5. The second-order valence-electron chi connectivity index (χ2n) is 16.5. The number of benzene rings is 1. The Morgan fingerprint density at radius 3 is 0.845 bits per heavy atom. The predicted octanol–water partition coefficient (Wildman–Crippen LogP) is 7.99. The van der Waals surface area contributed by atoms with Gasteiger partial charge in [-0.1, -0.05) is 24.3 Å². The lowest BCUT2D eigenvalue weighted by Gasteiger charge is -2.37. The van der Waals surface area contributed by atoms with Crippen LogP contribution in [0.25, 0.3) is 44.8 Å². The maximum absolute atomic E-state index is 5.31. The average molecular weight is 795 g/mol. The standard InChI is InChI=1S/C46H74N12/c1-13-55(14-2,15-3)31-39-41(33-57(19-7,20-8)21-9)51-53-45(49-39)37-29-27-35-25-26-36-28-30-38(48-44(36)43(35)47-37)46-50-40(32-56(16-4,17-5)18-6)42(52-54-46)34-58(22-10,23-11)24-12/h25-30H,13-24,31-34H2,1-12H3/q+4. The lowest BCUT2D eigenvalue weighted by Crippen LogP contribution is -2.49. The van der Waals surface area contributed by atoms with E-state index < -0.39 is 0 Å². The zero-order chi connectivity index (χ0) is 42.1. The zero-order valence-corrected chi connectivity index (χ0v) is 38.1. The molecule has 4 aromatic heterocycles. The normalized spacial score (nSPS) is 12.9. The summed E-state index contributed by atoms with van der Waals surface area (Å²) in [6.45, 7) is 43.1. The van der Waals surface area contributed by atoms with Crippen molar-refractivity contribution in [3.05, 3.63) is 59.2 Å². The van der Waals surface area contributed by atoms with Gasteiger partial charge in [0.25, 0.3) is 0 Å². The summed E-state index contributed by atoms with van der Waals surface area (Å²) >= 11 is 0. The molecular formula is C46H74N12+4. The van der Waals surface area contributed by atoms with Crippen molar-refractivity contribution < 1.29 is 17.9 Å². The molecule has 12 nitrogen and oxygen atoms in total. The Balaban J connectivity index is 1.64. The molecular weight excluding hydrogens is 721 g/mol. The van der Waals surface area contributed by atoms with E-state index in [0.29, 0.717) is 23.0 Å². The molecule has 0 radical (unpaired) electrons. The number of hydrogen-bond donors (Lipinski definition) is 0. The SMILES string of the molecule is CC[N+](CC)(CC)Cc1nnc(-c2ccc3ccc4ccc(-c5nnc(C[N+](CC)(CC)CC)c(C[N+](CC)(CC)CC)n5)nc4c3n2)nc1C[N+](CC)(CC)CC. The summed E-state index contributed by atoms with van der Waals surface area (Å²) in [5, 5.41) is 21.4. The summed E-state index contributed by atoms with van der Waals surface area (Å²) in [5.41, 5.74) is 7.04. The maximum atomic E-state index is 5.31. The number of aromatic nitrogens is 8. The fraction of sp³-hybridized carbons (Fsp3) is 0.609. The summed E-state index contributed by atoms with van der Waals surface area (Å²) in [7, 11) is 0. The molecule has 0 bridgehead atoms. The molecule has 314 valence electrons. The lowest BCUT2D eigenvalue weighted by atomic mass is 10.1. The maximum Gasteiger partial charge on any atom is 0.200 e. The number of quaternary nitrogens is 4. The van der Waals surface area contributed by atoms with Crippen LogP contribution in [-0.4, -0.2) is 137 Å². The summed E-state index contributed by atoms with van der Waals surface area (Å²) in [5.74, 6) is 1.10. The van der Waals surface area contributed by atoms with Crippen molar-refractivity contribution in [2.45, 2.75) is 109 Å². The first kappa shape index (κ1) is 45.0. The molecule has 0 unspecified atom stereocenters. The molecule has 0 aliphatic heterocycles. The van der Waals surface area contributed by atoms with Gasteiger partial charge in [0.15, 0.2) is 0 Å².